The third-order valence-corrected chi connectivity index (χ3v) is 7.00. The molecule has 5 nitrogen and oxygen atoms in total. The molecular formula is C15H28N2O3S. The Balaban J connectivity index is 1.51. The van der Waals surface area contributed by atoms with Crippen LogP contribution in [0.5, 0.6) is 0 Å². The molecule has 3 fully saturated rings. The van der Waals surface area contributed by atoms with Gasteiger partial charge in [0.1, 0.15) is 0 Å². The van der Waals surface area contributed by atoms with Gasteiger partial charge in [-0.05, 0) is 52.1 Å². The van der Waals surface area contributed by atoms with Crippen LogP contribution in [-0.2, 0) is 14.8 Å². The monoisotopic (exact) mass is 316 g/mol. The second-order valence-corrected chi connectivity index (χ2v) is 8.68. The molecule has 2 saturated carbocycles. The molecule has 1 saturated heterocycles. The molecule has 3 rings (SSSR count). The minimum Gasteiger partial charge on any atom is -0.378 e. The van der Waals surface area contributed by atoms with Crippen LogP contribution in [0.3, 0.4) is 0 Å². The first-order chi connectivity index (χ1) is 10.1. The van der Waals surface area contributed by atoms with Gasteiger partial charge in [0.2, 0.25) is 10.0 Å². The Morgan fingerprint density at radius 1 is 1.24 bits per heavy atom. The highest BCUT2D eigenvalue weighted by Gasteiger charge is 2.59. The molecule has 0 amide bonds. The van der Waals surface area contributed by atoms with E-state index in [1.807, 2.05) is 6.92 Å². The topological polar surface area (TPSA) is 58.6 Å². The van der Waals surface area contributed by atoms with Gasteiger partial charge in [-0.2, -0.15) is 0 Å². The minimum absolute atomic E-state index is 0.103. The summed E-state index contributed by atoms with van der Waals surface area (Å²) in [7, 11) is -3.16. The molecule has 122 valence electrons. The molecule has 0 aromatic heterocycles. The first-order valence-electron chi connectivity index (χ1n) is 8.40. The first kappa shape index (κ1) is 15.7. The molecule has 3 aliphatic rings. The maximum absolute atomic E-state index is 12.3. The van der Waals surface area contributed by atoms with Crippen LogP contribution in [0.25, 0.3) is 0 Å². The SMILES string of the molecule is CCO[C@@H]1C[C@H](NS(=O)(=O)CCN2CCCC2)C12CCC2. The molecule has 1 heterocycles. The molecule has 0 radical (unpaired) electrons. The molecule has 2 aliphatic carbocycles. The molecule has 1 spiro atoms. The Morgan fingerprint density at radius 3 is 2.52 bits per heavy atom. The number of rotatable bonds is 7. The number of likely N-dealkylation sites (tertiary alicyclic amines) is 1. The highest BCUT2D eigenvalue weighted by Crippen LogP contribution is 2.57. The van der Waals surface area contributed by atoms with Crippen molar-refractivity contribution in [2.45, 2.75) is 57.6 Å². The fourth-order valence-corrected chi connectivity index (χ4v) is 5.52. The zero-order valence-electron chi connectivity index (χ0n) is 13.0. The number of hydrogen-bond donors (Lipinski definition) is 1. The number of ether oxygens (including phenoxy) is 1. The van der Waals surface area contributed by atoms with Crippen LogP contribution in [0, 0.1) is 5.41 Å². The van der Waals surface area contributed by atoms with Gasteiger partial charge in [0.15, 0.2) is 0 Å². The van der Waals surface area contributed by atoms with Gasteiger partial charge in [0, 0.05) is 24.6 Å². The van der Waals surface area contributed by atoms with Crippen LogP contribution in [0.15, 0.2) is 0 Å². The Bertz CT molecular complexity index is 456. The van der Waals surface area contributed by atoms with E-state index in [2.05, 4.69) is 9.62 Å². The van der Waals surface area contributed by atoms with Gasteiger partial charge in [-0.15, -0.1) is 0 Å². The molecule has 2 atom stereocenters. The fourth-order valence-electron chi connectivity index (χ4n) is 4.13. The van der Waals surface area contributed by atoms with Gasteiger partial charge in [-0.1, -0.05) is 6.42 Å². The van der Waals surface area contributed by atoms with E-state index in [0.29, 0.717) is 6.54 Å². The van der Waals surface area contributed by atoms with E-state index in [9.17, 15) is 8.42 Å². The number of nitrogens with zero attached hydrogens (tertiary/aromatic N) is 1. The fraction of sp³-hybridized carbons (Fsp3) is 1.00. The second kappa shape index (κ2) is 6.14. The summed E-state index contributed by atoms with van der Waals surface area (Å²) in [5.41, 5.74) is 0.108. The lowest BCUT2D eigenvalue weighted by Crippen LogP contribution is -2.67. The standard InChI is InChI=1S/C15H28N2O3S/c1-2-20-14-12-13(15(14)6-5-7-15)16-21(18,19)11-10-17-8-3-4-9-17/h13-14,16H,2-12H2,1H3/t13-,14+/m0/s1. The predicted molar refractivity (Wildman–Crippen MR) is 82.7 cm³/mol. The first-order valence-corrected chi connectivity index (χ1v) is 10.0. The van der Waals surface area contributed by atoms with Gasteiger partial charge in [0.25, 0.3) is 0 Å². The Hall–Kier alpha value is -0.170. The summed E-state index contributed by atoms with van der Waals surface area (Å²) in [5, 5.41) is 0. The highest BCUT2D eigenvalue weighted by atomic mass is 32.2. The second-order valence-electron chi connectivity index (χ2n) is 6.80. The summed E-state index contributed by atoms with van der Waals surface area (Å²) in [4.78, 5) is 2.25. The van der Waals surface area contributed by atoms with Crippen LogP contribution < -0.4 is 4.72 Å². The van der Waals surface area contributed by atoms with Crippen molar-refractivity contribution in [1.82, 2.24) is 9.62 Å². The van der Waals surface area contributed by atoms with E-state index in [0.717, 1.165) is 39.0 Å². The largest absolute Gasteiger partial charge is 0.378 e. The zero-order chi connectivity index (χ0) is 14.9. The quantitative estimate of drug-likeness (QED) is 0.770. The summed E-state index contributed by atoms with van der Waals surface area (Å²) >= 11 is 0. The van der Waals surface area contributed by atoms with Crippen LogP contribution in [0.2, 0.25) is 0 Å². The third kappa shape index (κ3) is 3.14. The van der Waals surface area contributed by atoms with Gasteiger partial charge in [-0.3, -0.25) is 0 Å². The third-order valence-electron chi connectivity index (χ3n) is 5.63. The summed E-state index contributed by atoms with van der Waals surface area (Å²) in [6.45, 7) is 5.51. The summed E-state index contributed by atoms with van der Waals surface area (Å²) in [6, 6.07) is 0.103. The highest BCUT2D eigenvalue weighted by molar-refractivity contribution is 7.89. The average molecular weight is 316 g/mol. The van der Waals surface area contributed by atoms with E-state index in [4.69, 9.17) is 4.74 Å². The van der Waals surface area contributed by atoms with Crippen molar-refractivity contribution < 1.29 is 13.2 Å². The van der Waals surface area contributed by atoms with Crippen LogP contribution in [-0.4, -0.2) is 57.5 Å². The molecule has 1 aliphatic heterocycles. The molecule has 21 heavy (non-hydrogen) atoms. The number of hydrogen-bond acceptors (Lipinski definition) is 4. The molecule has 0 bridgehead atoms. The normalized spacial score (nSPS) is 32.0. The van der Waals surface area contributed by atoms with Crippen molar-refractivity contribution >= 4 is 10.0 Å². The van der Waals surface area contributed by atoms with E-state index in [1.54, 1.807) is 0 Å². The Morgan fingerprint density at radius 2 is 1.95 bits per heavy atom. The van der Waals surface area contributed by atoms with E-state index in [1.165, 1.54) is 19.3 Å². The van der Waals surface area contributed by atoms with Crippen molar-refractivity contribution in [1.29, 1.82) is 0 Å². The Labute approximate surface area is 128 Å². The van der Waals surface area contributed by atoms with Gasteiger partial charge in [0.05, 0.1) is 11.9 Å². The van der Waals surface area contributed by atoms with Gasteiger partial charge >= 0.3 is 0 Å². The van der Waals surface area contributed by atoms with Crippen LogP contribution in [0.1, 0.15) is 45.4 Å². The van der Waals surface area contributed by atoms with E-state index < -0.39 is 10.0 Å². The molecule has 0 unspecified atom stereocenters. The van der Waals surface area contributed by atoms with Crippen molar-refractivity contribution in [2.24, 2.45) is 5.41 Å². The molecular weight excluding hydrogens is 288 g/mol. The molecule has 0 aromatic carbocycles. The smallest absolute Gasteiger partial charge is 0.213 e. The molecule has 0 aromatic rings. The van der Waals surface area contributed by atoms with Gasteiger partial charge in [-0.25, -0.2) is 13.1 Å². The van der Waals surface area contributed by atoms with E-state index in [-0.39, 0.29) is 23.3 Å². The summed E-state index contributed by atoms with van der Waals surface area (Å²) < 4.78 is 33.4. The summed E-state index contributed by atoms with van der Waals surface area (Å²) in [5.74, 6) is 0.235. The molecule has 6 heteroatoms. The van der Waals surface area contributed by atoms with Gasteiger partial charge < -0.3 is 9.64 Å². The van der Waals surface area contributed by atoms with Crippen molar-refractivity contribution in [3.8, 4) is 0 Å². The summed E-state index contributed by atoms with van der Waals surface area (Å²) in [6.07, 6.45) is 6.94. The van der Waals surface area contributed by atoms with Crippen LogP contribution >= 0.6 is 0 Å². The lowest BCUT2D eigenvalue weighted by molar-refractivity contribution is -0.167. The molecule has 1 N–H and O–H groups in total. The lowest BCUT2D eigenvalue weighted by Gasteiger charge is -2.60. The zero-order valence-corrected chi connectivity index (χ0v) is 13.8. The van der Waals surface area contributed by atoms with Crippen molar-refractivity contribution in [2.75, 3.05) is 32.0 Å². The predicted octanol–water partition coefficient (Wildman–Crippen LogP) is 1.35. The average Bonchev–Trinajstić information content (AvgIpc) is 2.86. The van der Waals surface area contributed by atoms with Crippen LogP contribution in [0.4, 0.5) is 0 Å². The van der Waals surface area contributed by atoms with Crippen molar-refractivity contribution in [3.05, 3.63) is 0 Å². The maximum atomic E-state index is 12.3. The maximum Gasteiger partial charge on any atom is 0.213 e. The number of nitrogens with one attached hydrogen (secondary N) is 1. The van der Waals surface area contributed by atoms with Crippen molar-refractivity contribution in [3.63, 3.8) is 0 Å². The lowest BCUT2D eigenvalue weighted by atomic mass is 9.51. The Kier molecular flexibility index (Phi) is 4.60. The van der Waals surface area contributed by atoms with E-state index >= 15 is 0 Å². The minimum atomic E-state index is -3.16. The number of sulfonamides is 1.